The Morgan fingerprint density at radius 3 is 2.62 bits per heavy atom. The van der Waals surface area contributed by atoms with Crippen LogP contribution in [0.5, 0.6) is 0 Å². The lowest BCUT2D eigenvalue weighted by atomic mass is 9.84. The number of carboxylic acids is 1. The molecular formula is C16H30N2O3. The molecule has 1 saturated heterocycles. The lowest BCUT2D eigenvalue weighted by Gasteiger charge is -2.26. The lowest BCUT2D eigenvalue weighted by molar-refractivity contribution is -0.137. The number of nitrogens with zero attached hydrogens (tertiary/aromatic N) is 1. The topological polar surface area (TPSA) is 69.6 Å². The van der Waals surface area contributed by atoms with Gasteiger partial charge in [-0.25, -0.2) is 4.79 Å². The highest BCUT2D eigenvalue weighted by Crippen LogP contribution is 2.26. The second-order valence-corrected chi connectivity index (χ2v) is 7.06. The van der Waals surface area contributed by atoms with Gasteiger partial charge >= 0.3 is 12.0 Å². The molecule has 1 rings (SSSR count). The summed E-state index contributed by atoms with van der Waals surface area (Å²) in [6, 6.07) is 0.0261. The molecule has 0 aromatic rings. The van der Waals surface area contributed by atoms with Crippen molar-refractivity contribution in [2.45, 2.75) is 59.3 Å². The molecular weight excluding hydrogens is 268 g/mol. The number of amides is 2. The third-order valence-corrected chi connectivity index (χ3v) is 4.40. The number of likely N-dealkylation sites (tertiary alicyclic amines) is 1. The van der Waals surface area contributed by atoms with E-state index >= 15 is 0 Å². The van der Waals surface area contributed by atoms with E-state index in [1.165, 1.54) is 6.42 Å². The van der Waals surface area contributed by atoms with Gasteiger partial charge in [0.25, 0.3) is 0 Å². The molecule has 0 aromatic carbocycles. The van der Waals surface area contributed by atoms with Gasteiger partial charge in [0.05, 0.1) is 0 Å². The van der Waals surface area contributed by atoms with Crippen LogP contribution in [0.2, 0.25) is 0 Å². The van der Waals surface area contributed by atoms with E-state index in [0.717, 1.165) is 32.4 Å². The Labute approximate surface area is 128 Å². The summed E-state index contributed by atoms with van der Waals surface area (Å²) in [4.78, 5) is 24.7. The first-order valence-corrected chi connectivity index (χ1v) is 8.05. The van der Waals surface area contributed by atoms with Gasteiger partial charge in [-0.05, 0) is 43.4 Å². The van der Waals surface area contributed by atoms with Gasteiger partial charge in [-0.2, -0.15) is 0 Å². The summed E-state index contributed by atoms with van der Waals surface area (Å²) in [5, 5.41) is 11.7. The molecule has 0 spiro atoms. The Balaban J connectivity index is 2.27. The zero-order valence-electron chi connectivity index (χ0n) is 13.7. The van der Waals surface area contributed by atoms with Crippen molar-refractivity contribution in [1.29, 1.82) is 0 Å². The molecule has 0 aromatic heterocycles. The van der Waals surface area contributed by atoms with Gasteiger partial charge < -0.3 is 15.3 Å². The fraction of sp³-hybridized carbons (Fsp3) is 0.875. The molecule has 0 bridgehead atoms. The van der Waals surface area contributed by atoms with E-state index in [1.54, 1.807) is 0 Å². The fourth-order valence-corrected chi connectivity index (χ4v) is 2.66. The number of carboxylic acid groups (broad SMARTS) is 1. The fourth-order valence-electron chi connectivity index (χ4n) is 2.66. The van der Waals surface area contributed by atoms with Crippen LogP contribution < -0.4 is 5.32 Å². The number of hydrogen-bond donors (Lipinski definition) is 2. The third kappa shape index (κ3) is 7.34. The van der Waals surface area contributed by atoms with Crippen molar-refractivity contribution in [2.75, 3.05) is 19.6 Å². The summed E-state index contributed by atoms with van der Waals surface area (Å²) >= 11 is 0. The van der Waals surface area contributed by atoms with Gasteiger partial charge in [-0.3, -0.25) is 4.79 Å². The van der Waals surface area contributed by atoms with Crippen LogP contribution in [0.15, 0.2) is 0 Å². The monoisotopic (exact) mass is 298 g/mol. The highest BCUT2D eigenvalue weighted by Gasteiger charge is 2.21. The minimum absolute atomic E-state index is 0.0261. The zero-order valence-corrected chi connectivity index (χ0v) is 13.7. The second-order valence-electron chi connectivity index (χ2n) is 7.06. The first-order chi connectivity index (χ1) is 9.80. The third-order valence-electron chi connectivity index (χ3n) is 4.40. The van der Waals surface area contributed by atoms with E-state index in [2.05, 4.69) is 26.1 Å². The van der Waals surface area contributed by atoms with E-state index < -0.39 is 5.97 Å². The van der Waals surface area contributed by atoms with Gasteiger partial charge in [-0.15, -0.1) is 0 Å². The SMILES string of the molecule is CC1CCCN(C(=O)NCCC(C)(C)CCC(=O)O)CC1. The quantitative estimate of drug-likeness (QED) is 0.791. The number of aliphatic carboxylic acids is 1. The van der Waals surface area contributed by atoms with E-state index in [1.807, 2.05) is 4.90 Å². The molecule has 21 heavy (non-hydrogen) atoms. The van der Waals surface area contributed by atoms with Crippen molar-refractivity contribution >= 4 is 12.0 Å². The average molecular weight is 298 g/mol. The minimum Gasteiger partial charge on any atom is -0.481 e. The van der Waals surface area contributed by atoms with E-state index in [4.69, 9.17) is 5.11 Å². The maximum atomic E-state index is 12.1. The van der Waals surface area contributed by atoms with Crippen molar-refractivity contribution in [2.24, 2.45) is 11.3 Å². The zero-order chi connectivity index (χ0) is 15.9. The Morgan fingerprint density at radius 2 is 1.95 bits per heavy atom. The van der Waals surface area contributed by atoms with Crippen LogP contribution in [-0.4, -0.2) is 41.6 Å². The van der Waals surface area contributed by atoms with Crippen LogP contribution >= 0.6 is 0 Å². The smallest absolute Gasteiger partial charge is 0.317 e. The molecule has 5 nitrogen and oxygen atoms in total. The summed E-state index contributed by atoms with van der Waals surface area (Å²) in [5.74, 6) is -0.0523. The molecule has 0 aliphatic carbocycles. The first-order valence-electron chi connectivity index (χ1n) is 8.05. The van der Waals surface area contributed by atoms with Crippen molar-refractivity contribution in [3.8, 4) is 0 Å². The van der Waals surface area contributed by atoms with E-state index in [0.29, 0.717) is 18.9 Å². The van der Waals surface area contributed by atoms with Crippen molar-refractivity contribution in [1.82, 2.24) is 10.2 Å². The van der Waals surface area contributed by atoms with Crippen molar-refractivity contribution < 1.29 is 14.7 Å². The van der Waals surface area contributed by atoms with Crippen LogP contribution in [0, 0.1) is 11.3 Å². The maximum Gasteiger partial charge on any atom is 0.317 e. The largest absolute Gasteiger partial charge is 0.481 e. The average Bonchev–Trinajstić information content (AvgIpc) is 2.61. The normalized spacial score (nSPS) is 20.0. The number of rotatable bonds is 6. The van der Waals surface area contributed by atoms with E-state index in [9.17, 15) is 9.59 Å². The van der Waals surface area contributed by atoms with Crippen molar-refractivity contribution in [3.05, 3.63) is 0 Å². The Kier molecular flexibility index (Phi) is 6.99. The second kappa shape index (κ2) is 8.25. The van der Waals surface area contributed by atoms with Gasteiger partial charge in [0.15, 0.2) is 0 Å². The van der Waals surface area contributed by atoms with Crippen molar-refractivity contribution in [3.63, 3.8) is 0 Å². The number of nitrogens with one attached hydrogen (secondary N) is 1. The Morgan fingerprint density at radius 1 is 1.24 bits per heavy atom. The molecule has 0 radical (unpaired) electrons. The molecule has 2 N–H and O–H groups in total. The van der Waals surface area contributed by atoms with Crippen LogP contribution in [-0.2, 0) is 4.79 Å². The highest BCUT2D eigenvalue weighted by molar-refractivity contribution is 5.74. The number of urea groups is 1. The standard InChI is InChI=1S/C16H30N2O3/c1-13-5-4-11-18(12-7-13)15(21)17-10-9-16(2,3)8-6-14(19)20/h13H,4-12H2,1-3H3,(H,17,21)(H,19,20). The molecule has 0 saturated carbocycles. The summed E-state index contributed by atoms with van der Waals surface area (Å²) in [5.41, 5.74) is -0.0566. The van der Waals surface area contributed by atoms with Gasteiger partial charge in [0, 0.05) is 26.1 Å². The van der Waals surface area contributed by atoms with Crippen LogP contribution in [0.1, 0.15) is 59.3 Å². The molecule has 1 aliphatic heterocycles. The predicted molar refractivity (Wildman–Crippen MR) is 83.3 cm³/mol. The summed E-state index contributed by atoms with van der Waals surface area (Å²) in [7, 11) is 0. The number of hydrogen-bond acceptors (Lipinski definition) is 2. The van der Waals surface area contributed by atoms with Gasteiger partial charge in [-0.1, -0.05) is 20.8 Å². The summed E-state index contributed by atoms with van der Waals surface area (Å²) in [6.45, 7) is 8.64. The minimum atomic E-state index is -0.759. The molecule has 1 fully saturated rings. The first kappa shape index (κ1) is 17.8. The summed E-state index contributed by atoms with van der Waals surface area (Å²) < 4.78 is 0. The molecule has 1 unspecified atom stereocenters. The molecule has 5 heteroatoms. The van der Waals surface area contributed by atoms with Gasteiger partial charge in [0.1, 0.15) is 0 Å². The van der Waals surface area contributed by atoms with Gasteiger partial charge in [0.2, 0.25) is 0 Å². The highest BCUT2D eigenvalue weighted by atomic mass is 16.4. The van der Waals surface area contributed by atoms with Crippen LogP contribution in [0.3, 0.4) is 0 Å². The Hall–Kier alpha value is -1.26. The molecule has 1 heterocycles. The van der Waals surface area contributed by atoms with E-state index in [-0.39, 0.29) is 17.9 Å². The molecule has 1 aliphatic rings. The molecule has 1 atom stereocenters. The Bertz CT molecular complexity index is 355. The van der Waals surface area contributed by atoms with Crippen LogP contribution in [0.25, 0.3) is 0 Å². The lowest BCUT2D eigenvalue weighted by Crippen LogP contribution is -2.41. The molecule has 122 valence electrons. The number of carbonyl (C=O) groups excluding carboxylic acids is 1. The predicted octanol–water partition coefficient (Wildman–Crippen LogP) is 3.10. The maximum absolute atomic E-state index is 12.1. The summed E-state index contributed by atoms with van der Waals surface area (Å²) in [6.07, 6.45) is 4.99. The molecule has 2 amide bonds. The number of carbonyl (C=O) groups is 2. The van der Waals surface area contributed by atoms with Crippen LogP contribution in [0.4, 0.5) is 4.79 Å².